The largest absolute Gasteiger partial charge is 0.493 e. The van der Waals surface area contributed by atoms with E-state index in [1.807, 2.05) is 0 Å². The minimum absolute atomic E-state index is 0.299. The molecule has 1 aromatic carbocycles. The molecule has 9 heteroatoms. The van der Waals surface area contributed by atoms with Gasteiger partial charge in [0.25, 0.3) is 0 Å². The summed E-state index contributed by atoms with van der Waals surface area (Å²) in [7, 11) is 0. The van der Waals surface area contributed by atoms with E-state index in [0.29, 0.717) is 51.5 Å². The molecule has 0 bridgehead atoms. The van der Waals surface area contributed by atoms with Crippen molar-refractivity contribution in [2.45, 2.75) is 57.2 Å². The van der Waals surface area contributed by atoms with Crippen molar-refractivity contribution in [1.82, 2.24) is 15.2 Å². The van der Waals surface area contributed by atoms with Crippen LogP contribution in [0, 0.1) is 6.92 Å². The quantitative estimate of drug-likeness (QED) is 0.566. The predicted molar refractivity (Wildman–Crippen MR) is 112 cm³/mol. The molecule has 4 rings (SSSR count). The van der Waals surface area contributed by atoms with Gasteiger partial charge in [-0.1, -0.05) is 25.4 Å². The van der Waals surface area contributed by atoms with Crippen molar-refractivity contribution in [3.63, 3.8) is 0 Å². The molecule has 1 unspecified atom stereocenters. The molecule has 1 aliphatic rings. The summed E-state index contributed by atoms with van der Waals surface area (Å²) in [6.07, 6.45) is -2.44. The lowest BCUT2D eigenvalue weighted by Gasteiger charge is -2.38. The number of fused-ring (bicyclic) bond motifs is 2. The fourth-order valence-electron chi connectivity index (χ4n) is 4.47. The van der Waals surface area contributed by atoms with E-state index in [9.17, 15) is 18.3 Å². The monoisotopic (exact) mass is 453 g/mol. The zero-order valence-electron chi connectivity index (χ0n) is 17.4. The minimum atomic E-state index is -4.85. The Labute approximate surface area is 182 Å². The first-order valence-corrected chi connectivity index (χ1v) is 10.3. The summed E-state index contributed by atoms with van der Waals surface area (Å²) in [5.41, 5.74) is -1.11. The third kappa shape index (κ3) is 3.87. The van der Waals surface area contributed by atoms with Gasteiger partial charge in [-0.15, -0.1) is 0 Å². The van der Waals surface area contributed by atoms with Crippen molar-refractivity contribution < 1.29 is 23.0 Å². The molecule has 5 nitrogen and oxygen atoms in total. The smallest absolute Gasteiger partial charge is 0.417 e. The van der Waals surface area contributed by atoms with Gasteiger partial charge in [-0.3, -0.25) is 0 Å². The van der Waals surface area contributed by atoms with Gasteiger partial charge in [0, 0.05) is 34.5 Å². The van der Waals surface area contributed by atoms with Crippen LogP contribution in [0.15, 0.2) is 24.5 Å². The van der Waals surface area contributed by atoms with Gasteiger partial charge in [0.05, 0.1) is 24.5 Å². The predicted octanol–water partition coefficient (Wildman–Crippen LogP) is 5.06. The van der Waals surface area contributed by atoms with Crippen LogP contribution in [0.3, 0.4) is 0 Å². The summed E-state index contributed by atoms with van der Waals surface area (Å²) in [4.78, 5) is 2.96. The summed E-state index contributed by atoms with van der Waals surface area (Å²) in [5, 5.41) is 19.7. The zero-order valence-corrected chi connectivity index (χ0v) is 18.2. The standard InChI is InChI=1S/C22H23ClF3N3O2/c1-12-15-9-27-28-10-18(15)29-17(12)8-21(30,22(24,25)26)11-20(2,3)16-7-14(23)6-13-4-5-31-19(13)16/h6-7,9-10,29-30H,4-5,8,11H2,1-3H3. The van der Waals surface area contributed by atoms with Crippen LogP contribution in [0.1, 0.15) is 42.7 Å². The molecule has 0 fully saturated rings. The number of aromatic amines is 1. The van der Waals surface area contributed by atoms with Crippen LogP contribution in [0.25, 0.3) is 10.9 Å². The second-order valence-electron chi connectivity index (χ2n) is 8.85. The maximum absolute atomic E-state index is 14.2. The molecular weight excluding hydrogens is 431 g/mol. The van der Waals surface area contributed by atoms with Crippen LogP contribution in [0.4, 0.5) is 13.2 Å². The molecule has 0 amide bonds. The molecule has 3 aromatic rings. The van der Waals surface area contributed by atoms with Crippen molar-refractivity contribution in [1.29, 1.82) is 0 Å². The highest BCUT2D eigenvalue weighted by Crippen LogP contribution is 2.47. The third-order valence-electron chi connectivity index (χ3n) is 6.08. The number of hydrogen-bond acceptors (Lipinski definition) is 4. The second kappa shape index (κ2) is 7.38. The number of aryl methyl sites for hydroxylation is 1. The first-order valence-electron chi connectivity index (χ1n) is 9.94. The Morgan fingerprint density at radius 1 is 1.19 bits per heavy atom. The highest BCUT2D eigenvalue weighted by Gasteiger charge is 2.56. The van der Waals surface area contributed by atoms with E-state index in [1.54, 1.807) is 32.9 Å². The summed E-state index contributed by atoms with van der Waals surface area (Å²) >= 11 is 6.23. The Morgan fingerprint density at radius 2 is 1.90 bits per heavy atom. The summed E-state index contributed by atoms with van der Waals surface area (Å²) < 4.78 is 48.4. The molecule has 2 N–H and O–H groups in total. The normalized spacial score (nSPS) is 16.3. The van der Waals surface area contributed by atoms with Crippen molar-refractivity contribution in [3.05, 3.63) is 51.9 Å². The van der Waals surface area contributed by atoms with E-state index in [4.69, 9.17) is 16.3 Å². The van der Waals surface area contributed by atoms with Gasteiger partial charge in [0.1, 0.15) is 5.75 Å². The number of alkyl halides is 3. The molecule has 0 aliphatic carbocycles. The van der Waals surface area contributed by atoms with Gasteiger partial charge in [-0.25, -0.2) is 0 Å². The number of hydrogen-bond donors (Lipinski definition) is 2. The van der Waals surface area contributed by atoms with E-state index in [2.05, 4.69) is 15.2 Å². The highest BCUT2D eigenvalue weighted by atomic mass is 35.5. The van der Waals surface area contributed by atoms with Gasteiger partial charge in [-0.05, 0) is 42.0 Å². The number of nitrogens with one attached hydrogen (secondary N) is 1. The molecule has 0 saturated carbocycles. The maximum Gasteiger partial charge on any atom is 0.417 e. The number of nitrogens with zero attached hydrogens (tertiary/aromatic N) is 2. The number of aliphatic hydroxyl groups is 1. The van der Waals surface area contributed by atoms with Gasteiger partial charge in [-0.2, -0.15) is 23.4 Å². The molecule has 31 heavy (non-hydrogen) atoms. The second-order valence-corrected chi connectivity index (χ2v) is 9.29. The van der Waals surface area contributed by atoms with Crippen molar-refractivity contribution in [3.8, 4) is 5.75 Å². The van der Waals surface area contributed by atoms with Gasteiger partial charge in [0.15, 0.2) is 5.60 Å². The molecular formula is C22H23ClF3N3O2. The highest BCUT2D eigenvalue weighted by molar-refractivity contribution is 6.30. The van der Waals surface area contributed by atoms with Gasteiger partial charge in [0.2, 0.25) is 0 Å². The number of benzene rings is 1. The zero-order chi connectivity index (χ0) is 22.6. The Bertz CT molecular complexity index is 1140. The average Bonchev–Trinajstić information content (AvgIpc) is 3.24. The Morgan fingerprint density at radius 3 is 2.58 bits per heavy atom. The SMILES string of the molecule is Cc1c(CC(O)(CC(C)(C)c2cc(Cl)cc3c2OCC3)C(F)(F)F)[nH]c2cnncc12. The van der Waals surface area contributed by atoms with E-state index in [-0.39, 0.29) is 0 Å². The molecule has 1 aliphatic heterocycles. The van der Waals surface area contributed by atoms with Crippen molar-refractivity contribution in [2.24, 2.45) is 0 Å². The number of rotatable bonds is 5. The molecule has 0 saturated heterocycles. The van der Waals surface area contributed by atoms with Gasteiger partial charge < -0.3 is 14.8 Å². The average molecular weight is 454 g/mol. The van der Waals surface area contributed by atoms with Crippen LogP contribution >= 0.6 is 11.6 Å². The minimum Gasteiger partial charge on any atom is -0.493 e. The molecule has 2 aromatic heterocycles. The number of aromatic nitrogens is 3. The van der Waals surface area contributed by atoms with Crippen LogP contribution in [0.5, 0.6) is 5.75 Å². The number of H-pyrrole nitrogens is 1. The van der Waals surface area contributed by atoms with Crippen molar-refractivity contribution in [2.75, 3.05) is 6.61 Å². The van der Waals surface area contributed by atoms with Crippen molar-refractivity contribution >= 4 is 22.5 Å². The van der Waals surface area contributed by atoms with Crippen LogP contribution in [-0.2, 0) is 18.3 Å². The van der Waals surface area contributed by atoms with Crippen LogP contribution in [0.2, 0.25) is 5.02 Å². The molecule has 3 heterocycles. The van der Waals surface area contributed by atoms with Gasteiger partial charge >= 0.3 is 6.18 Å². The molecule has 166 valence electrons. The third-order valence-corrected chi connectivity index (χ3v) is 6.30. The fraction of sp³-hybridized carbons (Fsp3) is 0.455. The lowest BCUT2D eigenvalue weighted by Crippen LogP contribution is -2.51. The van der Waals surface area contributed by atoms with E-state index < -0.39 is 30.0 Å². The Balaban J connectivity index is 1.74. The van der Waals surface area contributed by atoms with E-state index in [1.165, 1.54) is 12.4 Å². The van der Waals surface area contributed by atoms with Crippen LogP contribution < -0.4 is 4.74 Å². The molecule has 1 atom stereocenters. The Hall–Kier alpha value is -2.32. The van der Waals surface area contributed by atoms with E-state index in [0.717, 1.165) is 5.56 Å². The molecule has 0 radical (unpaired) electrons. The maximum atomic E-state index is 14.2. The van der Waals surface area contributed by atoms with E-state index >= 15 is 0 Å². The summed E-state index contributed by atoms with van der Waals surface area (Å²) in [6.45, 7) is 5.50. The lowest BCUT2D eigenvalue weighted by molar-refractivity contribution is -0.266. The Kier molecular flexibility index (Phi) is 5.21. The first kappa shape index (κ1) is 21.9. The molecule has 0 spiro atoms. The number of halogens is 4. The first-order chi connectivity index (χ1) is 14.4. The lowest BCUT2D eigenvalue weighted by atomic mass is 9.72. The summed E-state index contributed by atoms with van der Waals surface area (Å²) in [5.74, 6) is 0.567. The topological polar surface area (TPSA) is 71.0 Å². The summed E-state index contributed by atoms with van der Waals surface area (Å²) in [6, 6.07) is 3.41. The van der Waals surface area contributed by atoms with Crippen LogP contribution in [-0.4, -0.2) is 38.7 Å². The number of ether oxygens (including phenoxy) is 1. The fourth-order valence-corrected chi connectivity index (χ4v) is 4.71.